The summed E-state index contributed by atoms with van der Waals surface area (Å²) in [5, 5.41) is 17.7. The van der Waals surface area contributed by atoms with Crippen molar-refractivity contribution in [1.82, 2.24) is 10.2 Å². The number of H-pyrrole nitrogens is 1. The van der Waals surface area contributed by atoms with Crippen LogP contribution in [0.2, 0.25) is 0 Å². The molecule has 0 aliphatic heterocycles. The van der Waals surface area contributed by atoms with E-state index in [4.69, 9.17) is 7.85 Å². The van der Waals surface area contributed by atoms with E-state index < -0.39 is 16.3 Å². The van der Waals surface area contributed by atoms with E-state index in [1.807, 2.05) is 13.8 Å². The second kappa shape index (κ2) is 7.70. The van der Waals surface area contributed by atoms with Crippen molar-refractivity contribution in [3.63, 3.8) is 0 Å². The van der Waals surface area contributed by atoms with E-state index in [-0.39, 0.29) is 23.0 Å². The minimum absolute atomic E-state index is 0.00205. The number of hydrogen-bond acceptors (Lipinski definition) is 4. The zero-order valence-corrected chi connectivity index (χ0v) is 13.7. The smallest absolute Gasteiger partial charge is 0.267 e. The van der Waals surface area contributed by atoms with Crippen LogP contribution in [-0.2, 0) is 6.42 Å². The third-order valence-corrected chi connectivity index (χ3v) is 3.50. The maximum atomic E-state index is 13.2. The minimum atomic E-state index is -0.630. The van der Waals surface area contributed by atoms with Gasteiger partial charge in [0.2, 0.25) is 0 Å². The van der Waals surface area contributed by atoms with Gasteiger partial charge in [-0.15, -0.1) is 0 Å². The van der Waals surface area contributed by atoms with Crippen LogP contribution in [0.1, 0.15) is 25.1 Å². The van der Waals surface area contributed by atoms with Crippen LogP contribution >= 0.6 is 0 Å². The topological polar surface area (TPSA) is 88.9 Å². The van der Waals surface area contributed by atoms with Gasteiger partial charge in [-0.1, -0.05) is 43.6 Å². The molecular formula is C17H15BFN3O3. The van der Waals surface area contributed by atoms with E-state index >= 15 is 0 Å². The van der Waals surface area contributed by atoms with E-state index in [0.717, 1.165) is 0 Å². The molecular weight excluding hydrogens is 324 g/mol. The number of hydrogen-bond donors (Lipinski definition) is 1. The molecule has 8 heteroatoms. The van der Waals surface area contributed by atoms with Crippen LogP contribution in [0.25, 0.3) is 10.8 Å². The fourth-order valence-corrected chi connectivity index (χ4v) is 2.44. The summed E-state index contributed by atoms with van der Waals surface area (Å²) in [4.78, 5) is 22.4. The number of nitrogens with zero attached hydrogens (tertiary/aromatic N) is 2. The Labute approximate surface area is 144 Å². The summed E-state index contributed by atoms with van der Waals surface area (Å²) in [6, 6.07) is 8.59. The number of nitrogens with one attached hydrogen (secondary N) is 1. The summed E-state index contributed by atoms with van der Waals surface area (Å²) in [7, 11) is 5.53. The van der Waals surface area contributed by atoms with Gasteiger partial charge in [0.25, 0.3) is 11.2 Å². The number of non-ortho nitro benzene ring substituents is 1. The summed E-state index contributed by atoms with van der Waals surface area (Å²) in [5.74, 6) is -0.524. The van der Waals surface area contributed by atoms with Gasteiger partial charge in [-0.2, -0.15) is 5.10 Å². The number of aromatic nitrogens is 2. The summed E-state index contributed by atoms with van der Waals surface area (Å²) in [6.07, 6.45) is 0.249. The maximum Gasteiger partial charge on any atom is 0.282 e. The Balaban J connectivity index is 0.00000109. The van der Waals surface area contributed by atoms with Gasteiger partial charge < -0.3 is 0 Å². The van der Waals surface area contributed by atoms with Crippen molar-refractivity contribution in [3.8, 4) is 0 Å². The lowest BCUT2D eigenvalue weighted by atomic mass is 9.92. The average molecular weight is 339 g/mol. The number of fused-ring (bicyclic) bond motifs is 1. The SMILES string of the molecule is CC.[B]c1cc(Cc2n[nH]c(=O)c3c([N+](=O)[O-])cccc23)ccc1F. The molecule has 6 nitrogen and oxygen atoms in total. The Bertz CT molecular complexity index is 989. The number of rotatable bonds is 3. The molecule has 0 unspecified atom stereocenters. The monoisotopic (exact) mass is 339 g/mol. The van der Waals surface area contributed by atoms with Crippen molar-refractivity contribution in [3.05, 3.63) is 73.9 Å². The molecule has 25 heavy (non-hydrogen) atoms. The van der Waals surface area contributed by atoms with Gasteiger partial charge in [0, 0.05) is 17.9 Å². The van der Waals surface area contributed by atoms with Crippen LogP contribution in [0.3, 0.4) is 0 Å². The highest BCUT2D eigenvalue weighted by Crippen LogP contribution is 2.24. The van der Waals surface area contributed by atoms with Crippen LogP contribution < -0.4 is 11.0 Å². The number of benzene rings is 2. The predicted molar refractivity (Wildman–Crippen MR) is 95.0 cm³/mol. The molecule has 0 atom stereocenters. The van der Waals surface area contributed by atoms with E-state index in [1.165, 1.54) is 24.3 Å². The molecule has 2 radical (unpaired) electrons. The third kappa shape index (κ3) is 3.73. The van der Waals surface area contributed by atoms with E-state index in [1.54, 1.807) is 12.1 Å². The largest absolute Gasteiger partial charge is 0.282 e. The molecule has 0 aliphatic carbocycles. The molecule has 2 aromatic carbocycles. The van der Waals surface area contributed by atoms with Crippen molar-refractivity contribution in [1.29, 1.82) is 0 Å². The highest BCUT2D eigenvalue weighted by molar-refractivity contribution is 6.32. The molecule has 1 N–H and O–H groups in total. The first-order valence-corrected chi connectivity index (χ1v) is 7.66. The molecule has 1 aromatic heterocycles. The van der Waals surface area contributed by atoms with Gasteiger partial charge >= 0.3 is 0 Å². The molecule has 0 spiro atoms. The van der Waals surface area contributed by atoms with Gasteiger partial charge in [-0.3, -0.25) is 14.9 Å². The highest BCUT2D eigenvalue weighted by Gasteiger charge is 2.18. The number of nitro benzene ring substituents is 1. The molecule has 3 rings (SSSR count). The summed E-state index contributed by atoms with van der Waals surface area (Å²) >= 11 is 0. The number of halogens is 1. The highest BCUT2D eigenvalue weighted by atomic mass is 19.1. The lowest BCUT2D eigenvalue weighted by Crippen LogP contribution is -2.14. The normalized spacial score (nSPS) is 10.2. The van der Waals surface area contributed by atoms with Crippen LogP contribution in [0.5, 0.6) is 0 Å². The second-order valence-electron chi connectivity index (χ2n) is 4.99. The van der Waals surface area contributed by atoms with Crippen molar-refractivity contribution in [2.75, 3.05) is 0 Å². The summed E-state index contributed by atoms with van der Waals surface area (Å²) < 4.78 is 13.2. The van der Waals surface area contributed by atoms with Crippen LogP contribution in [-0.4, -0.2) is 23.0 Å². The average Bonchev–Trinajstić information content (AvgIpc) is 2.62. The molecule has 1 heterocycles. The first kappa shape index (κ1) is 18.3. The first-order chi connectivity index (χ1) is 12.0. The second-order valence-corrected chi connectivity index (χ2v) is 4.99. The summed E-state index contributed by atoms with van der Waals surface area (Å²) in [5.41, 5.74) is 0.202. The molecule has 0 bridgehead atoms. The van der Waals surface area contributed by atoms with E-state index in [0.29, 0.717) is 16.6 Å². The van der Waals surface area contributed by atoms with Crippen LogP contribution in [0.4, 0.5) is 10.1 Å². The fraction of sp³-hybridized carbons (Fsp3) is 0.176. The van der Waals surface area contributed by atoms with Gasteiger partial charge in [0.15, 0.2) is 0 Å². The van der Waals surface area contributed by atoms with Crippen molar-refractivity contribution in [2.24, 2.45) is 0 Å². The summed E-state index contributed by atoms with van der Waals surface area (Å²) in [6.45, 7) is 4.00. The van der Waals surface area contributed by atoms with Gasteiger partial charge in [-0.25, -0.2) is 9.49 Å². The van der Waals surface area contributed by atoms with Crippen LogP contribution in [0.15, 0.2) is 41.2 Å². The number of nitro groups is 1. The molecule has 0 saturated carbocycles. The standard InChI is InChI=1S/C15H9BFN3O3.C2H6/c16-10-6-8(4-5-11(10)17)7-12-9-2-1-3-13(20(22)23)14(9)15(21)19-18-12;1-2/h1-6H,7H2,(H,19,21);1-2H3. The molecule has 3 aromatic rings. The van der Waals surface area contributed by atoms with Crippen molar-refractivity contribution in [2.45, 2.75) is 20.3 Å². The van der Waals surface area contributed by atoms with Crippen LogP contribution in [0, 0.1) is 15.9 Å². The Morgan fingerprint density at radius 3 is 2.64 bits per heavy atom. The zero-order valence-electron chi connectivity index (χ0n) is 13.7. The van der Waals surface area contributed by atoms with E-state index in [9.17, 15) is 19.3 Å². The first-order valence-electron chi connectivity index (χ1n) is 7.66. The third-order valence-electron chi connectivity index (χ3n) is 3.50. The maximum absolute atomic E-state index is 13.2. The molecule has 126 valence electrons. The molecule has 0 aliphatic rings. The quantitative estimate of drug-likeness (QED) is 0.451. The molecule has 0 fully saturated rings. The molecule has 0 saturated heterocycles. The lowest BCUT2D eigenvalue weighted by molar-refractivity contribution is -0.383. The molecule has 0 amide bonds. The number of aromatic amines is 1. The Morgan fingerprint density at radius 1 is 1.28 bits per heavy atom. The Hall–Kier alpha value is -3.03. The van der Waals surface area contributed by atoms with Gasteiger partial charge in [-0.05, 0) is 11.6 Å². The Kier molecular flexibility index (Phi) is 5.64. The lowest BCUT2D eigenvalue weighted by Gasteiger charge is -2.07. The van der Waals surface area contributed by atoms with Gasteiger partial charge in [0.1, 0.15) is 19.0 Å². The minimum Gasteiger partial charge on any atom is -0.267 e. The van der Waals surface area contributed by atoms with E-state index in [2.05, 4.69) is 10.2 Å². The fourth-order valence-electron chi connectivity index (χ4n) is 2.44. The van der Waals surface area contributed by atoms with Gasteiger partial charge in [0.05, 0.1) is 10.6 Å². The zero-order chi connectivity index (χ0) is 18.6. The van der Waals surface area contributed by atoms with Crippen molar-refractivity contribution >= 4 is 29.8 Å². The Morgan fingerprint density at radius 2 is 2.00 bits per heavy atom. The predicted octanol–water partition coefficient (Wildman–Crippen LogP) is 2.38. The van der Waals surface area contributed by atoms with Crippen molar-refractivity contribution < 1.29 is 9.31 Å².